The Hall–Kier alpha value is -2.37. The molecule has 1 saturated carbocycles. The van der Waals surface area contributed by atoms with Crippen LogP contribution in [-0.4, -0.2) is 45.8 Å². The molecule has 1 N–H and O–H groups in total. The summed E-state index contributed by atoms with van der Waals surface area (Å²) in [5.74, 6) is -0.436. The van der Waals surface area contributed by atoms with Gasteiger partial charge in [0.2, 0.25) is 5.91 Å². The monoisotopic (exact) mass is 371 g/mol. The Morgan fingerprint density at radius 1 is 1.11 bits per heavy atom. The minimum atomic E-state index is -0.796. The van der Waals surface area contributed by atoms with Gasteiger partial charge in [0, 0.05) is 12.6 Å². The molecule has 6 nitrogen and oxygen atoms in total. The molecular weight excluding hydrogens is 342 g/mol. The Balaban J connectivity index is 1.71. The molecule has 0 aromatic heterocycles. The molecule has 3 rings (SSSR count). The molecule has 2 aliphatic rings. The van der Waals surface area contributed by atoms with Crippen molar-refractivity contribution in [2.45, 2.75) is 70.5 Å². The van der Waals surface area contributed by atoms with Gasteiger partial charge in [-0.3, -0.25) is 14.5 Å². The van der Waals surface area contributed by atoms with Crippen LogP contribution in [0.2, 0.25) is 0 Å². The Morgan fingerprint density at radius 2 is 1.74 bits per heavy atom. The molecule has 0 unspecified atom stereocenters. The summed E-state index contributed by atoms with van der Waals surface area (Å²) in [6.45, 7) is 4.16. The quantitative estimate of drug-likeness (QED) is 0.809. The van der Waals surface area contributed by atoms with Gasteiger partial charge in [-0.25, -0.2) is 4.79 Å². The third-order valence-electron chi connectivity index (χ3n) is 5.64. The molecule has 0 bridgehead atoms. The van der Waals surface area contributed by atoms with Crippen LogP contribution in [-0.2, 0) is 16.1 Å². The third-order valence-corrected chi connectivity index (χ3v) is 5.64. The molecule has 1 spiro atoms. The Morgan fingerprint density at radius 3 is 2.33 bits per heavy atom. The second-order valence-electron chi connectivity index (χ2n) is 7.92. The van der Waals surface area contributed by atoms with E-state index < -0.39 is 11.6 Å². The number of rotatable bonds is 5. The van der Waals surface area contributed by atoms with E-state index in [0.717, 1.165) is 36.1 Å². The van der Waals surface area contributed by atoms with Crippen molar-refractivity contribution < 1.29 is 14.4 Å². The maximum absolute atomic E-state index is 13.0. The highest BCUT2D eigenvalue weighted by Gasteiger charge is 2.51. The highest BCUT2D eigenvalue weighted by molar-refractivity contribution is 6.09. The summed E-state index contributed by atoms with van der Waals surface area (Å²) in [5.41, 5.74) is 0.229. The molecule has 146 valence electrons. The van der Waals surface area contributed by atoms with Crippen LogP contribution in [0.15, 0.2) is 30.3 Å². The third kappa shape index (κ3) is 4.15. The van der Waals surface area contributed by atoms with E-state index in [4.69, 9.17) is 0 Å². The summed E-state index contributed by atoms with van der Waals surface area (Å²) < 4.78 is 0. The lowest BCUT2D eigenvalue weighted by atomic mass is 9.90. The SMILES string of the molecule is CC(C)N(Cc1ccccc1)C(=O)CN1C(=O)NC2(CCCCCC2)C1=O. The minimum Gasteiger partial charge on any atom is -0.334 e. The fraction of sp³-hybridized carbons (Fsp3) is 0.571. The molecule has 1 aromatic carbocycles. The maximum Gasteiger partial charge on any atom is 0.325 e. The van der Waals surface area contributed by atoms with Gasteiger partial charge in [0.05, 0.1) is 0 Å². The Labute approximate surface area is 160 Å². The number of carbonyl (C=O) groups excluding carboxylic acids is 3. The van der Waals surface area contributed by atoms with Gasteiger partial charge in [0.1, 0.15) is 12.1 Å². The summed E-state index contributed by atoms with van der Waals surface area (Å²) in [7, 11) is 0. The van der Waals surface area contributed by atoms with E-state index in [1.54, 1.807) is 4.90 Å². The van der Waals surface area contributed by atoms with Gasteiger partial charge in [-0.05, 0) is 32.3 Å². The lowest BCUT2D eigenvalue weighted by molar-refractivity contribution is -0.140. The molecule has 4 amide bonds. The predicted octanol–water partition coefficient (Wildman–Crippen LogP) is 3.07. The first-order valence-electron chi connectivity index (χ1n) is 9.90. The molecule has 27 heavy (non-hydrogen) atoms. The minimum absolute atomic E-state index is 0.0229. The van der Waals surface area contributed by atoms with Gasteiger partial charge in [-0.15, -0.1) is 0 Å². The van der Waals surface area contributed by atoms with E-state index in [2.05, 4.69) is 5.32 Å². The van der Waals surface area contributed by atoms with Crippen molar-refractivity contribution in [1.29, 1.82) is 0 Å². The van der Waals surface area contributed by atoms with Crippen LogP contribution in [0.4, 0.5) is 4.79 Å². The predicted molar refractivity (Wildman–Crippen MR) is 103 cm³/mol. The number of imide groups is 1. The van der Waals surface area contributed by atoms with Crippen LogP contribution in [0, 0.1) is 0 Å². The average Bonchev–Trinajstić information content (AvgIpc) is 2.82. The van der Waals surface area contributed by atoms with Crippen molar-refractivity contribution in [3.05, 3.63) is 35.9 Å². The van der Waals surface area contributed by atoms with Crippen molar-refractivity contribution in [2.75, 3.05) is 6.54 Å². The van der Waals surface area contributed by atoms with E-state index in [-0.39, 0.29) is 24.4 Å². The van der Waals surface area contributed by atoms with Crippen LogP contribution in [0.25, 0.3) is 0 Å². The number of urea groups is 1. The standard InChI is InChI=1S/C21H29N3O3/c1-16(2)23(14-17-10-6-5-7-11-17)18(25)15-24-19(26)21(22-20(24)27)12-8-3-4-9-13-21/h5-7,10-11,16H,3-4,8-9,12-15H2,1-2H3,(H,22,27). The van der Waals surface area contributed by atoms with E-state index >= 15 is 0 Å². The molecule has 1 aromatic rings. The molecular formula is C21H29N3O3. The first-order valence-corrected chi connectivity index (χ1v) is 9.90. The average molecular weight is 371 g/mol. The number of hydrogen-bond acceptors (Lipinski definition) is 3. The lowest BCUT2D eigenvalue weighted by Crippen LogP contribution is -2.48. The lowest BCUT2D eigenvalue weighted by Gasteiger charge is -2.29. The van der Waals surface area contributed by atoms with Gasteiger partial charge >= 0.3 is 6.03 Å². The molecule has 0 atom stereocenters. The highest BCUT2D eigenvalue weighted by atomic mass is 16.2. The summed E-state index contributed by atoms with van der Waals surface area (Å²) in [4.78, 5) is 41.2. The fourth-order valence-corrected chi connectivity index (χ4v) is 4.06. The Kier molecular flexibility index (Phi) is 5.82. The van der Waals surface area contributed by atoms with Crippen LogP contribution in [0.1, 0.15) is 57.9 Å². The number of carbonyl (C=O) groups is 3. The van der Waals surface area contributed by atoms with Crippen molar-refractivity contribution >= 4 is 17.8 Å². The highest BCUT2D eigenvalue weighted by Crippen LogP contribution is 2.32. The summed E-state index contributed by atoms with van der Waals surface area (Å²) in [5, 5.41) is 2.90. The zero-order valence-electron chi connectivity index (χ0n) is 16.2. The van der Waals surface area contributed by atoms with E-state index in [1.165, 1.54) is 0 Å². The number of nitrogens with one attached hydrogen (secondary N) is 1. The van der Waals surface area contributed by atoms with Crippen LogP contribution >= 0.6 is 0 Å². The second kappa shape index (κ2) is 8.11. The Bertz CT molecular complexity index is 694. The number of hydrogen-bond donors (Lipinski definition) is 1. The fourth-order valence-electron chi connectivity index (χ4n) is 4.06. The van der Waals surface area contributed by atoms with Crippen LogP contribution in [0.5, 0.6) is 0 Å². The van der Waals surface area contributed by atoms with Gasteiger partial charge < -0.3 is 10.2 Å². The smallest absolute Gasteiger partial charge is 0.325 e. The second-order valence-corrected chi connectivity index (χ2v) is 7.92. The maximum atomic E-state index is 13.0. The molecule has 1 heterocycles. The summed E-state index contributed by atoms with van der Waals surface area (Å²) in [6.07, 6.45) is 5.37. The van der Waals surface area contributed by atoms with E-state index in [1.807, 2.05) is 44.2 Å². The van der Waals surface area contributed by atoms with Gasteiger partial charge in [-0.1, -0.05) is 56.0 Å². The topological polar surface area (TPSA) is 69.7 Å². The molecule has 1 saturated heterocycles. The van der Waals surface area contributed by atoms with E-state index in [0.29, 0.717) is 19.4 Å². The largest absolute Gasteiger partial charge is 0.334 e. The van der Waals surface area contributed by atoms with Gasteiger partial charge in [0.25, 0.3) is 5.91 Å². The summed E-state index contributed by atoms with van der Waals surface area (Å²) in [6, 6.07) is 9.29. The molecule has 1 aliphatic carbocycles. The number of amides is 4. The first kappa shape index (κ1) is 19.4. The number of benzene rings is 1. The van der Waals surface area contributed by atoms with Crippen LogP contribution in [0.3, 0.4) is 0 Å². The molecule has 1 aliphatic heterocycles. The van der Waals surface area contributed by atoms with Gasteiger partial charge in [0.15, 0.2) is 0 Å². The number of nitrogens with zero attached hydrogens (tertiary/aromatic N) is 2. The van der Waals surface area contributed by atoms with Crippen molar-refractivity contribution in [3.8, 4) is 0 Å². The summed E-state index contributed by atoms with van der Waals surface area (Å²) >= 11 is 0. The normalized spacial score (nSPS) is 19.3. The first-order chi connectivity index (χ1) is 12.9. The molecule has 6 heteroatoms. The zero-order chi connectivity index (χ0) is 19.4. The molecule has 0 radical (unpaired) electrons. The van der Waals surface area contributed by atoms with Crippen LogP contribution < -0.4 is 5.32 Å². The molecule has 2 fully saturated rings. The van der Waals surface area contributed by atoms with Gasteiger partial charge in [-0.2, -0.15) is 0 Å². The van der Waals surface area contributed by atoms with Crippen molar-refractivity contribution in [1.82, 2.24) is 15.1 Å². The van der Waals surface area contributed by atoms with E-state index in [9.17, 15) is 14.4 Å². The van der Waals surface area contributed by atoms with Crippen molar-refractivity contribution in [2.24, 2.45) is 0 Å². The van der Waals surface area contributed by atoms with Crippen molar-refractivity contribution in [3.63, 3.8) is 0 Å². The zero-order valence-corrected chi connectivity index (χ0v) is 16.2.